The summed E-state index contributed by atoms with van der Waals surface area (Å²) in [5.74, 6) is -0.478. The number of carbonyl (C=O) groups is 1. The average molecular weight is 357 g/mol. The second kappa shape index (κ2) is 7.48. The Morgan fingerprint density at radius 3 is 2.64 bits per heavy atom. The van der Waals surface area contributed by atoms with Crippen molar-refractivity contribution < 1.29 is 9.21 Å². The minimum Gasteiger partial charge on any atom is -0.387 e. The van der Waals surface area contributed by atoms with Crippen molar-refractivity contribution in [3.63, 3.8) is 0 Å². The fourth-order valence-corrected chi connectivity index (χ4v) is 3.20. The summed E-state index contributed by atoms with van der Waals surface area (Å²) in [6, 6.07) is 13.3. The monoisotopic (exact) mass is 357 g/mol. The van der Waals surface area contributed by atoms with Crippen LogP contribution in [-0.2, 0) is 11.3 Å². The van der Waals surface area contributed by atoms with Crippen molar-refractivity contribution in [3.05, 3.63) is 64.0 Å². The molecule has 0 bridgehead atoms. The molecule has 0 spiro atoms. The second-order valence-electron chi connectivity index (χ2n) is 6.01. The molecule has 2 aromatic heterocycles. The van der Waals surface area contributed by atoms with Gasteiger partial charge in [0.1, 0.15) is 6.54 Å². The highest BCUT2D eigenvalue weighted by Crippen LogP contribution is 2.22. The van der Waals surface area contributed by atoms with E-state index in [9.17, 15) is 9.59 Å². The van der Waals surface area contributed by atoms with Crippen LogP contribution in [0.2, 0.25) is 0 Å². The molecule has 0 aliphatic heterocycles. The summed E-state index contributed by atoms with van der Waals surface area (Å²) in [5, 5.41) is 8.95. The molecule has 25 heavy (non-hydrogen) atoms. The van der Waals surface area contributed by atoms with Crippen LogP contribution in [0.5, 0.6) is 0 Å². The van der Waals surface area contributed by atoms with E-state index in [1.54, 1.807) is 0 Å². The third-order valence-corrected chi connectivity index (χ3v) is 4.63. The third-order valence-electron chi connectivity index (χ3n) is 3.77. The first-order chi connectivity index (χ1) is 12.0. The number of nitrogens with one attached hydrogen (secondary N) is 1. The van der Waals surface area contributed by atoms with E-state index in [0.29, 0.717) is 0 Å². The maximum Gasteiger partial charge on any atom is 0.437 e. The Morgan fingerprint density at radius 2 is 2.00 bits per heavy atom. The topological polar surface area (TPSA) is 77.1 Å². The summed E-state index contributed by atoms with van der Waals surface area (Å²) in [5.41, 5.74) is 1.03. The fraction of sp³-hybridized carbons (Fsp3) is 0.278. The first-order valence-corrected chi connectivity index (χ1v) is 8.88. The van der Waals surface area contributed by atoms with Crippen LogP contribution in [0.1, 0.15) is 25.5 Å². The molecule has 1 atom stereocenters. The number of rotatable bonds is 6. The summed E-state index contributed by atoms with van der Waals surface area (Å²) < 4.78 is 6.17. The number of benzene rings is 1. The van der Waals surface area contributed by atoms with E-state index < -0.39 is 5.76 Å². The zero-order chi connectivity index (χ0) is 17.8. The minimum absolute atomic E-state index is 0.131. The van der Waals surface area contributed by atoms with Crippen LogP contribution in [0.4, 0.5) is 0 Å². The molecule has 0 fully saturated rings. The van der Waals surface area contributed by atoms with Gasteiger partial charge >= 0.3 is 5.76 Å². The lowest BCUT2D eigenvalue weighted by atomic mass is 9.96. The summed E-state index contributed by atoms with van der Waals surface area (Å²) in [6.45, 7) is 3.90. The van der Waals surface area contributed by atoms with Gasteiger partial charge in [0.05, 0.1) is 10.9 Å². The van der Waals surface area contributed by atoms with E-state index in [-0.39, 0.29) is 30.3 Å². The summed E-state index contributed by atoms with van der Waals surface area (Å²) in [4.78, 5) is 25.1. The van der Waals surface area contributed by atoms with Gasteiger partial charge in [-0.2, -0.15) is 4.68 Å². The van der Waals surface area contributed by atoms with Gasteiger partial charge in [0.15, 0.2) is 0 Å². The number of thiophene rings is 1. The molecule has 7 heteroatoms. The van der Waals surface area contributed by atoms with Gasteiger partial charge in [0.25, 0.3) is 5.89 Å². The molecule has 3 rings (SSSR count). The van der Waals surface area contributed by atoms with Gasteiger partial charge < -0.3 is 9.73 Å². The normalized spacial score (nSPS) is 12.3. The Morgan fingerprint density at radius 1 is 1.24 bits per heavy atom. The Balaban J connectivity index is 1.73. The van der Waals surface area contributed by atoms with Gasteiger partial charge in [-0.3, -0.25) is 4.79 Å². The van der Waals surface area contributed by atoms with Crippen LogP contribution in [0.3, 0.4) is 0 Å². The lowest BCUT2D eigenvalue weighted by molar-refractivity contribution is -0.123. The van der Waals surface area contributed by atoms with E-state index in [1.165, 1.54) is 11.3 Å². The van der Waals surface area contributed by atoms with Crippen LogP contribution < -0.4 is 11.1 Å². The lowest BCUT2D eigenvalue weighted by Crippen LogP contribution is -2.36. The van der Waals surface area contributed by atoms with E-state index >= 15 is 0 Å². The number of hydrogen-bond acceptors (Lipinski definition) is 5. The SMILES string of the molecule is CC(C)C(NC(=O)Cn1nc(-c2cccs2)oc1=O)c1ccccc1. The van der Waals surface area contributed by atoms with E-state index in [0.717, 1.165) is 15.1 Å². The third kappa shape index (κ3) is 4.06. The molecule has 1 aromatic carbocycles. The molecule has 2 heterocycles. The molecule has 1 amide bonds. The van der Waals surface area contributed by atoms with Crippen molar-refractivity contribution in [3.8, 4) is 10.8 Å². The highest BCUT2D eigenvalue weighted by Gasteiger charge is 2.20. The molecule has 0 aliphatic carbocycles. The standard InChI is InChI=1S/C18H19N3O3S/c1-12(2)16(13-7-4-3-5-8-13)19-15(22)11-21-18(23)24-17(20-21)14-9-6-10-25-14/h3-10,12,16H,11H2,1-2H3,(H,19,22). The number of carbonyl (C=O) groups excluding carboxylic acids is 1. The zero-order valence-electron chi connectivity index (χ0n) is 14.0. The molecule has 0 aliphatic rings. The number of amides is 1. The molecule has 0 radical (unpaired) electrons. The van der Waals surface area contributed by atoms with E-state index in [1.807, 2.05) is 61.7 Å². The zero-order valence-corrected chi connectivity index (χ0v) is 14.8. The largest absolute Gasteiger partial charge is 0.437 e. The predicted molar refractivity (Wildman–Crippen MR) is 96.2 cm³/mol. The Kier molecular flexibility index (Phi) is 5.14. The highest BCUT2D eigenvalue weighted by molar-refractivity contribution is 7.13. The van der Waals surface area contributed by atoms with Crippen molar-refractivity contribution in [1.29, 1.82) is 0 Å². The van der Waals surface area contributed by atoms with Crippen molar-refractivity contribution in [2.24, 2.45) is 5.92 Å². The maximum absolute atomic E-state index is 12.4. The first kappa shape index (κ1) is 17.2. The Labute approximate surface area is 149 Å². The summed E-state index contributed by atoms with van der Waals surface area (Å²) >= 11 is 1.42. The van der Waals surface area contributed by atoms with Crippen LogP contribution in [0, 0.1) is 5.92 Å². The van der Waals surface area contributed by atoms with Crippen LogP contribution >= 0.6 is 11.3 Å². The van der Waals surface area contributed by atoms with E-state index in [2.05, 4.69) is 10.4 Å². The van der Waals surface area contributed by atoms with Gasteiger partial charge in [-0.15, -0.1) is 16.4 Å². The highest BCUT2D eigenvalue weighted by atomic mass is 32.1. The van der Waals surface area contributed by atoms with Crippen LogP contribution in [0.15, 0.2) is 57.1 Å². The molecule has 130 valence electrons. The van der Waals surface area contributed by atoms with Gasteiger partial charge in [-0.25, -0.2) is 4.79 Å². The van der Waals surface area contributed by atoms with E-state index in [4.69, 9.17) is 4.42 Å². The molecule has 3 aromatic rings. The molecule has 0 saturated heterocycles. The van der Waals surface area contributed by atoms with Gasteiger partial charge in [0, 0.05) is 0 Å². The van der Waals surface area contributed by atoms with Crippen molar-refractivity contribution in [2.45, 2.75) is 26.4 Å². The molecule has 0 saturated carbocycles. The quantitative estimate of drug-likeness (QED) is 0.735. The van der Waals surface area contributed by atoms with Crippen LogP contribution in [0.25, 0.3) is 10.8 Å². The Bertz CT molecular complexity index is 882. The van der Waals surface area contributed by atoms with Crippen molar-refractivity contribution >= 4 is 17.2 Å². The number of hydrogen-bond donors (Lipinski definition) is 1. The second-order valence-corrected chi connectivity index (χ2v) is 6.96. The predicted octanol–water partition coefficient (Wildman–Crippen LogP) is 3.08. The van der Waals surface area contributed by atoms with Crippen molar-refractivity contribution in [2.75, 3.05) is 0 Å². The summed E-state index contributed by atoms with van der Waals surface area (Å²) in [6.07, 6.45) is 0. The van der Waals surface area contributed by atoms with Crippen molar-refractivity contribution in [1.82, 2.24) is 15.1 Å². The summed E-state index contributed by atoms with van der Waals surface area (Å²) in [7, 11) is 0. The van der Waals surface area contributed by atoms with Gasteiger partial charge in [0.2, 0.25) is 5.91 Å². The molecular formula is C18H19N3O3S. The first-order valence-electron chi connectivity index (χ1n) is 8.00. The minimum atomic E-state index is -0.639. The molecule has 6 nitrogen and oxygen atoms in total. The molecular weight excluding hydrogens is 338 g/mol. The molecule has 1 unspecified atom stereocenters. The Hall–Kier alpha value is -2.67. The van der Waals surface area contributed by atoms with Gasteiger partial charge in [-0.1, -0.05) is 50.2 Å². The maximum atomic E-state index is 12.4. The number of nitrogens with zero attached hydrogens (tertiary/aromatic N) is 2. The van der Waals surface area contributed by atoms with Crippen LogP contribution in [-0.4, -0.2) is 15.7 Å². The number of aromatic nitrogens is 2. The fourth-order valence-electron chi connectivity index (χ4n) is 2.56. The van der Waals surface area contributed by atoms with Gasteiger partial charge in [-0.05, 0) is 22.9 Å². The smallest absolute Gasteiger partial charge is 0.387 e. The molecule has 1 N–H and O–H groups in total. The average Bonchev–Trinajstić information content (AvgIpc) is 3.24. The lowest BCUT2D eigenvalue weighted by Gasteiger charge is -2.22.